The zero-order chi connectivity index (χ0) is 26.0. The molecule has 0 radical (unpaired) electrons. The molecule has 1 atom stereocenters. The Balaban J connectivity index is 2.37. The predicted octanol–water partition coefficient (Wildman–Crippen LogP) is 3.24. The van der Waals surface area contributed by atoms with Crippen molar-refractivity contribution in [1.82, 2.24) is 15.3 Å². The monoisotopic (exact) mass is 499 g/mol. The maximum atomic E-state index is 12.7. The number of ether oxygens (including phenoxy) is 3. The summed E-state index contributed by atoms with van der Waals surface area (Å²) >= 11 is 0. The van der Waals surface area contributed by atoms with Crippen molar-refractivity contribution >= 4 is 17.4 Å². The molecule has 2 rings (SSSR count). The van der Waals surface area contributed by atoms with E-state index < -0.39 is 12.8 Å². The second kappa shape index (κ2) is 13.2. The van der Waals surface area contributed by atoms with Crippen LogP contribution < -0.4 is 15.1 Å². The molecule has 1 N–H and O–H groups in total. The molecule has 1 aliphatic rings. The second-order valence-corrected chi connectivity index (χ2v) is 7.78. The van der Waals surface area contributed by atoms with Crippen LogP contribution in [0.3, 0.4) is 0 Å². The number of carbonyl (C=O) groups is 1. The number of amides is 1. The molecule has 0 spiro atoms. The van der Waals surface area contributed by atoms with Gasteiger partial charge in [0.15, 0.2) is 12.4 Å². The zero-order valence-corrected chi connectivity index (χ0v) is 20.4. The van der Waals surface area contributed by atoms with Gasteiger partial charge in [-0.25, -0.2) is 0 Å². The summed E-state index contributed by atoms with van der Waals surface area (Å²) in [5, 5.41) is 6.32. The normalized spacial score (nSPS) is 16.4. The van der Waals surface area contributed by atoms with Crippen molar-refractivity contribution in [1.29, 1.82) is 0 Å². The maximum Gasteiger partial charge on any atom is 0.422 e. The van der Waals surface area contributed by atoms with Gasteiger partial charge in [0.2, 0.25) is 11.8 Å². The average molecular weight is 500 g/mol. The average Bonchev–Trinajstić information content (AvgIpc) is 2.97. The van der Waals surface area contributed by atoms with Crippen molar-refractivity contribution in [2.75, 3.05) is 45.3 Å². The number of aromatic nitrogens is 1. The molecule has 2 heterocycles. The van der Waals surface area contributed by atoms with Crippen molar-refractivity contribution in [3.63, 3.8) is 0 Å². The van der Waals surface area contributed by atoms with Crippen LogP contribution in [0, 0.1) is 0 Å². The van der Waals surface area contributed by atoms with Gasteiger partial charge < -0.3 is 19.5 Å². The first-order valence-corrected chi connectivity index (χ1v) is 11.0. The minimum Gasteiger partial charge on any atom is -0.468 e. The Morgan fingerprint density at radius 2 is 2.14 bits per heavy atom. The number of carbonyl (C=O) groups excluding carboxylic acids is 1. The first-order chi connectivity index (χ1) is 16.6. The van der Waals surface area contributed by atoms with E-state index in [0.29, 0.717) is 30.2 Å². The molecule has 9 nitrogen and oxygen atoms in total. The van der Waals surface area contributed by atoms with E-state index in [1.54, 1.807) is 26.2 Å². The van der Waals surface area contributed by atoms with Crippen LogP contribution in [0.25, 0.3) is 0 Å². The number of pyridine rings is 1. The zero-order valence-electron chi connectivity index (χ0n) is 20.4. The van der Waals surface area contributed by atoms with Gasteiger partial charge in [0.05, 0.1) is 25.8 Å². The van der Waals surface area contributed by atoms with Crippen molar-refractivity contribution < 1.29 is 32.2 Å². The quantitative estimate of drug-likeness (QED) is 0.369. The number of rotatable bonds is 11. The fraction of sp³-hybridized carbons (Fsp3) is 0.522. The summed E-state index contributed by atoms with van der Waals surface area (Å²) in [4.78, 5) is 19.7. The number of fused-ring (bicyclic) bond motifs is 1. The third kappa shape index (κ3) is 8.96. The standard InChI is InChI=1S/C23H32F3N5O4/c1-6-19(11-16(2)27-14-28-18(4)32)17(3)31-15-34-12-20-7-8-21(35-13-23(24,25)26)29-22(20)30(31)9-10-33-5/h6-8,11,17H,1,9-10,12-15H2,2-5H3,(H,28,32)/b19-11+,27-16-. The summed E-state index contributed by atoms with van der Waals surface area (Å²) in [5.41, 5.74) is 2.20. The third-order valence-corrected chi connectivity index (χ3v) is 5.05. The molecule has 0 aliphatic carbocycles. The van der Waals surface area contributed by atoms with Gasteiger partial charge in [-0.3, -0.25) is 14.8 Å². The molecule has 0 aromatic carbocycles. The second-order valence-electron chi connectivity index (χ2n) is 7.78. The number of halogens is 3. The Morgan fingerprint density at radius 3 is 2.77 bits per heavy atom. The van der Waals surface area contributed by atoms with E-state index in [2.05, 4.69) is 21.9 Å². The Bertz CT molecular complexity index is 936. The molecule has 1 amide bonds. The third-order valence-electron chi connectivity index (χ3n) is 5.05. The van der Waals surface area contributed by atoms with Gasteiger partial charge in [-0.05, 0) is 31.6 Å². The molecule has 1 aromatic rings. The highest BCUT2D eigenvalue weighted by atomic mass is 19.4. The summed E-state index contributed by atoms with van der Waals surface area (Å²) in [6.45, 7) is 8.90. The highest BCUT2D eigenvalue weighted by Gasteiger charge is 2.31. The predicted molar refractivity (Wildman–Crippen MR) is 126 cm³/mol. The molecule has 1 aromatic heterocycles. The van der Waals surface area contributed by atoms with Crippen molar-refractivity contribution in [2.24, 2.45) is 4.99 Å². The number of hydrazine groups is 1. The smallest absolute Gasteiger partial charge is 0.422 e. The van der Waals surface area contributed by atoms with Crippen LogP contribution in [-0.2, 0) is 20.9 Å². The number of hydrogen-bond acceptors (Lipinski definition) is 8. The number of nitrogens with zero attached hydrogens (tertiary/aromatic N) is 4. The van der Waals surface area contributed by atoms with E-state index in [-0.39, 0.29) is 37.8 Å². The van der Waals surface area contributed by atoms with Gasteiger partial charge in [0.1, 0.15) is 13.4 Å². The summed E-state index contributed by atoms with van der Waals surface area (Å²) in [5.74, 6) is 0.104. The Labute approximate surface area is 203 Å². The molecule has 1 unspecified atom stereocenters. The van der Waals surface area contributed by atoms with E-state index in [1.165, 1.54) is 13.0 Å². The molecule has 194 valence electrons. The number of methoxy groups -OCH3 is 1. The first-order valence-electron chi connectivity index (χ1n) is 11.0. The molecular formula is C23H32F3N5O4. The minimum absolute atomic E-state index is 0.140. The van der Waals surface area contributed by atoms with Gasteiger partial charge in [-0.1, -0.05) is 12.7 Å². The number of aliphatic imine (C=N–C) groups is 1. The van der Waals surface area contributed by atoms with Gasteiger partial charge >= 0.3 is 6.18 Å². The number of anilines is 1. The van der Waals surface area contributed by atoms with Gasteiger partial charge in [-0.15, -0.1) is 0 Å². The van der Waals surface area contributed by atoms with Crippen molar-refractivity contribution in [2.45, 2.75) is 39.6 Å². The summed E-state index contributed by atoms with van der Waals surface area (Å²) in [6, 6.07) is 2.76. The summed E-state index contributed by atoms with van der Waals surface area (Å²) in [7, 11) is 1.56. The minimum atomic E-state index is -4.48. The lowest BCUT2D eigenvalue weighted by atomic mass is 10.1. The number of hydrogen-bond donors (Lipinski definition) is 1. The number of allylic oxidation sites excluding steroid dienone is 1. The van der Waals surface area contributed by atoms with E-state index in [4.69, 9.17) is 14.2 Å². The fourth-order valence-corrected chi connectivity index (χ4v) is 3.29. The molecule has 35 heavy (non-hydrogen) atoms. The Kier molecular flexibility index (Phi) is 10.7. The molecule has 1 aliphatic heterocycles. The van der Waals surface area contributed by atoms with Crippen molar-refractivity contribution in [3.8, 4) is 5.88 Å². The largest absolute Gasteiger partial charge is 0.468 e. The maximum absolute atomic E-state index is 12.7. The Morgan fingerprint density at radius 1 is 1.40 bits per heavy atom. The van der Waals surface area contributed by atoms with Crippen LogP contribution in [0.5, 0.6) is 5.88 Å². The molecule has 12 heteroatoms. The first kappa shape index (κ1) is 28.3. The number of alkyl halides is 3. The van der Waals surface area contributed by atoms with E-state index in [9.17, 15) is 18.0 Å². The molecular weight excluding hydrogens is 467 g/mol. The highest BCUT2D eigenvalue weighted by molar-refractivity contribution is 5.94. The fourth-order valence-electron chi connectivity index (χ4n) is 3.29. The van der Waals surface area contributed by atoms with Crippen LogP contribution in [-0.4, -0.2) is 74.1 Å². The highest BCUT2D eigenvalue weighted by Crippen LogP contribution is 2.30. The molecule has 0 bridgehead atoms. The van der Waals surface area contributed by atoms with Crippen LogP contribution in [0.15, 0.2) is 41.4 Å². The molecule has 0 fully saturated rings. The molecule has 0 saturated carbocycles. The van der Waals surface area contributed by atoms with Crippen LogP contribution in [0.2, 0.25) is 0 Å². The van der Waals surface area contributed by atoms with Crippen molar-refractivity contribution in [3.05, 3.63) is 42.0 Å². The summed E-state index contributed by atoms with van der Waals surface area (Å²) < 4.78 is 53.9. The van der Waals surface area contributed by atoms with E-state index in [1.807, 2.05) is 23.0 Å². The molecule has 0 saturated heterocycles. The lowest BCUT2D eigenvalue weighted by molar-refractivity contribution is -0.154. The van der Waals surface area contributed by atoms with E-state index >= 15 is 0 Å². The SMILES string of the molecule is C=C/C(=C\C(C)=N/CNC(C)=O)C(C)N1COCc2ccc(OCC(F)(F)F)nc2N1CCOC. The van der Waals surface area contributed by atoms with Crippen LogP contribution in [0.1, 0.15) is 26.3 Å². The van der Waals surface area contributed by atoms with Gasteiger partial charge in [0.25, 0.3) is 0 Å². The van der Waals surface area contributed by atoms with Gasteiger partial charge in [-0.2, -0.15) is 23.2 Å². The number of nitrogens with one attached hydrogen (secondary N) is 1. The van der Waals surface area contributed by atoms with Crippen LogP contribution >= 0.6 is 0 Å². The topological polar surface area (TPSA) is 88.5 Å². The van der Waals surface area contributed by atoms with E-state index in [0.717, 1.165) is 5.57 Å². The lowest BCUT2D eigenvalue weighted by Gasteiger charge is -2.38. The summed E-state index contributed by atoms with van der Waals surface area (Å²) in [6.07, 6.45) is -0.939. The van der Waals surface area contributed by atoms with Gasteiger partial charge in [0, 0.05) is 31.4 Å². The Hall–Kier alpha value is -2.96. The van der Waals surface area contributed by atoms with Crippen LogP contribution in [0.4, 0.5) is 19.0 Å². The lowest BCUT2D eigenvalue weighted by Crippen LogP contribution is -2.50.